The summed E-state index contributed by atoms with van der Waals surface area (Å²) in [4.78, 5) is 44.5. The first-order valence-electron chi connectivity index (χ1n) is 11.2. The Balaban J connectivity index is 1.13. The molecule has 0 aliphatic carbocycles. The first-order chi connectivity index (χ1) is 16.6. The maximum absolute atomic E-state index is 13.1. The molecule has 34 heavy (non-hydrogen) atoms. The van der Waals surface area contributed by atoms with Gasteiger partial charge in [0.25, 0.3) is 0 Å². The molecule has 2 N–H and O–H groups in total. The normalized spacial score (nSPS) is 23.8. The molecule has 2 aromatic carbocycles. The number of benzene rings is 2. The Morgan fingerprint density at radius 2 is 1.50 bits per heavy atom. The van der Waals surface area contributed by atoms with Gasteiger partial charge in [-0.1, -0.05) is 36.4 Å². The molecule has 2 saturated heterocycles. The second-order valence-electron chi connectivity index (χ2n) is 8.76. The first kappa shape index (κ1) is 20.7. The summed E-state index contributed by atoms with van der Waals surface area (Å²) in [6.07, 6.45) is 1.08. The van der Waals surface area contributed by atoms with Crippen molar-refractivity contribution >= 4 is 39.5 Å². The summed E-state index contributed by atoms with van der Waals surface area (Å²) in [5.41, 5.74) is 3.54. The Morgan fingerprint density at radius 1 is 0.882 bits per heavy atom. The monoisotopic (exact) mass is 458 g/mol. The number of nitrogens with one attached hydrogen (secondary N) is 2. The van der Waals surface area contributed by atoms with Gasteiger partial charge in [0.15, 0.2) is 0 Å². The Morgan fingerprint density at radius 3 is 2.18 bits per heavy atom. The zero-order valence-corrected chi connectivity index (χ0v) is 18.2. The number of esters is 2. The highest BCUT2D eigenvalue weighted by atomic mass is 16.7. The van der Waals surface area contributed by atoms with Gasteiger partial charge in [-0.2, -0.15) is 0 Å². The smallest absolute Gasteiger partial charge is 0.350 e. The van der Waals surface area contributed by atoms with E-state index in [1.165, 1.54) is 0 Å². The summed E-state index contributed by atoms with van der Waals surface area (Å²) < 4.78 is 16.7. The molecule has 2 aromatic heterocycles. The number of aromatic amines is 2. The zero-order chi connectivity index (χ0) is 23.2. The van der Waals surface area contributed by atoms with Crippen LogP contribution in [-0.4, -0.2) is 52.6 Å². The maximum atomic E-state index is 13.1. The molecular formula is C26H22N2O6. The van der Waals surface area contributed by atoms with Crippen LogP contribution in [0.5, 0.6) is 0 Å². The molecule has 0 radical (unpaired) electrons. The lowest BCUT2D eigenvalue weighted by Gasteiger charge is -2.14. The second-order valence-corrected chi connectivity index (χ2v) is 8.76. The zero-order valence-electron chi connectivity index (χ0n) is 18.2. The molecule has 4 atom stereocenters. The van der Waals surface area contributed by atoms with Crippen molar-refractivity contribution in [2.75, 3.05) is 6.61 Å². The number of aromatic nitrogens is 2. The van der Waals surface area contributed by atoms with Crippen LogP contribution in [0, 0.1) is 5.92 Å². The summed E-state index contributed by atoms with van der Waals surface area (Å²) in [7, 11) is 0. The van der Waals surface area contributed by atoms with E-state index in [1.807, 2.05) is 54.7 Å². The Labute approximate surface area is 194 Å². The van der Waals surface area contributed by atoms with Crippen molar-refractivity contribution in [2.24, 2.45) is 5.92 Å². The van der Waals surface area contributed by atoms with Gasteiger partial charge in [-0.3, -0.25) is 9.59 Å². The standard InChI is InChI=1S/C26H22N2O6/c29-21(9-14-11-27-19-7-3-1-5-16(14)19)18-13-32-24-23(18)34-26(31)25(24)33-22(30)10-15-12-28-20-8-4-2-6-17(15)20/h1-8,11-12,18,23-25,27-28H,9-10,13H2/t18-,23+,24+,25-/m0/s1. The Hall–Kier alpha value is -3.91. The van der Waals surface area contributed by atoms with Crippen LogP contribution >= 0.6 is 0 Å². The quantitative estimate of drug-likeness (QED) is 0.430. The van der Waals surface area contributed by atoms with Crippen LogP contribution in [0.25, 0.3) is 21.8 Å². The molecule has 8 nitrogen and oxygen atoms in total. The van der Waals surface area contributed by atoms with Crippen molar-refractivity contribution in [1.82, 2.24) is 9.97 Å². The van der Waals surface area contributed by atoms with Crippen LogP contribution in [0.1, 0.15) is 11.1 Å². The minimum atomic E-state index is -1.17. The van der Waals surface area contributed by atoms with Crippen LogP contribution < -0.4 is 0 Å². The van der Waals surface area contributed by atoms with Crippen molar-refractivity contribution < 1.29 is 28.6 Å². The third-order valence-corrected chi connectivity index (χ3v) is 6.69. The van der Waals surface area contributed by atoms with Gasteiger partial charge in [0.05, 0.1) is 18.9 Å². The topological polar surface area (TPSA) is 110 Å². The number of carbonyl (C=O) groups is 3. The van der Waals surface area contributed by atoms with Crippen molar-refractivity contribution in [3.8, 4) is 0 Å². The SMILES string of the molecule is O=C(Cc1c[nH]c2ccccc12)O[C@@H]1C(=O)O[C@H]2[C@H]1OC[C@H]2C(=O)Cc1c[nH]c2ccccc12. The average Bonchev–Trinajstić information content (AvgIpc) is 3.60. The number of hydrogen-bond donors (Lipinski definition) is 2. The van der Waals surface area contributed by atoms with Crippen LogP contribution in [-0.2, 0) is 41.4 Å². The summed E-state index contributed by atoms with van der Waals surface area (Å²) in [6, 6.07) is 15.4. The molecule has 0 unspecified atom stereocenters. The molecule has 2 aliphatic rings. The number of rotatable bonds is 6. The fraction of sp³-hybridized carbons (Fsp3) is 0.269. The highest BCUT2D eigenvalue weighted by molar-refractivity contribution is 5.92. The highest BCUT2D eigenvalue weighted by Gasteiger charge is 2.56. The molecular weight excluding hydrogens is 436 g/mol. The third-order valence-electron chi connectivity index (χ3n) is 6.69. The fourth-order valence-corrected chi connectivity index (χ4v) is 4.98. The summed E-state index contributed by atoms with van der Waals surface area (Å²) in [5, 5.41) is 1.91. The van der Waals surface area contributed by atoms with Gasteiger partial charge in [0.2, 0.25) is 6.10 Å². The van der Waals surface area contributed by atoms with E-state index >= 15 is 0 Å². The van der Waals surface area contributed by atoms with E-state index in [1.54, 1.807) is 6.20 Å². The van der Waals surface area contributed by atoms with Crippen molar-refractivity contribution in [2.45, 2.75) is 31.2 Å². The minimum Gasteiger partial charge on any atom is -0.456 e. The van der Waals surface area contributed by atoms with Crippen molar-refractivity contribution in [1.29, 1.82) is 0 Å². The number of ether oxygens (including phenoxy) is 3. The van der Waals surface area contributed by atoms with E-state index in [2.05, 4.69) is 9.97 Å². The molecule has 0 saturated carbocycles. The Bertz CT molecular complexity index is 1420. The van der Waals surface area contributed by atoms with Gasteiger partial charge in [-0.15, -0.1) is 0 Å². The predicted octanol–water partition coefficient (Wildman–Crippen LogP) is 2.86. The summed E-state index contributed by atoms with van der Waals surface area (Å²) in [5.74, 6) is -1.90. The maximum Gasteiger partial charge on any atom is 0.350 e. The number of hydrogen-bond acceptors (Lipinski definition) is 6. The fourth-order valence-electron chi connectivity index (χ4n) is 4.98. The summed E-state index contributed by atoms with van der Waals surface area (Å²) >= 11 is 0. The van der Waals surface area contributed by atoms with E-state index in [-0.39, 0.29) is 25.2 Å². The van der Waals surface area contributed by atoms with Gasteiger partial charge in [0.1, 0.15) is 18.0 Å². The van der Waals surface area contributed by atoms with Gasteiger partial charge in [0, 0.05) is 40.6 Å². The predicted molar refractivity (Wildman–Crippen MR) is 122 cm³/mol. The number of H-pyrrole nitrogens is 2. The van der Waals surface area contributed by atoms with Gasteiger partial charge in [-0.25, -0.2) is 4.79 Å². The number of para-hydroxylation sites is 2. The van der Waals surface area contributed by atoms with Crippen LogP contribution in [0.2, 0.25) is 0 Å². The van der Waals surface area contributed by atoms with Gasteiger partial charge >= 0.3 is 11.9 Å². The van der Waals surface area contributed by atoms with Crippen molar-refractivity contribution in [3.05, 3.63) is 72.1 Å². The third kappa shape index (κ3) is 3.47. The molecule has 4 aromatic rings. The number of fused-ring (bicyclic) bond motifs is 3. The van der Waals surface area contributed by atoms with Gasteiger partial charge < -0.3 is 24.2 Å². The highest BCUT2D eigenvalue weighted by Crippen LogP contribution is 2.35. The summed E-state index contributed by atoms with van der Waals surface area (Å²) in [6.45, 7) is 0.125. The molecule has 0 spiro atoms. The van der Waals surface area contributed by atoms with E-state index in [9.17, 15) is 14.4 Å². The minimum absolute atomic E-state index is 0.00804. The molecule has 0 bridgehead atoms. The van der Waals surface area contributed by atoms with Gasteiger partial charge in [-0.05, 0) is 23.3 Å². The second kappa shape index (κ2) is 8.14. The molecule has 8 heteroatoms. The lowest BCUT2D eigenvalue weighted by atomic mass is 9.92. The number of Topliss-reactive ketones (excluding diaryl/α,β-unsaturated/α-hetero) is 1. The molecule has 172 valence electrons. The molecule has 4 heterocycles. The molecule has 6 rings (SSSR count). The molecule has 0 amide bonds. The van der Waals surface area contributed by atoms with E-state index in [4.69, 9.17) is 14.2 Å². The lowest BCUT2D eigenvalue weighted by Crippen LogP contribution is -2.36. The van der Waals surface area contributed by atoms with E-state index in [0.29, 0.717) is 0 Å². The number of carbonyl (C=O) groups excluding carboxylic acids is 3. The van der Waals surface area contributed by atoms with Crippen LogP contribution in [0.15, 0.2) is 60.9 Å². The number of ketones is 1. The van der Waals surface area contributed by atoms with E-state index < -0.39 is 36.2 Å². The van der Waals surface area contributed by atoms with Crippen molar-refractivity contribution in [3.63, 3.8) is 0 Å². The van der Waals surface area contributed by atoms with Crippen LogP contribution in [0.3, 0.4) is 0 Å². The lowest BCUT2D eigenvalue weighted by molar-refractivity contribution is -0.165. The van der Waals surface area contributed by atoms with E-state index in [0.717, 1.165) is 32.9 Å². The average molecular weight is 458 g/mol. The largest absolute Gasteiger partial charge is 0.456 e. The molecule has 2 aliphatic heterocycles. The van der Waals surface area contributed by atoms with Crippen LogP contribution in [0.4, 0.5) is 0 Å². The first-order valence-corrected chi connectivity index (χ1v) is 11.2. The Kier molecular flexibility index (Phi) is 4.95. The molecule has 2 fully saturated rings.